The molecule has 0 aromatic carbocycles. The lowest BCUT2D eigenvalue weighted by atomic mass is 9.94. The standard InChI is InChI=1S/C24H27N5O2S/c1-17-23(32-24(26-17)19-5-3-9-25-16-19)21-8-7-18-4-2-6-20(22(18)27-21)28-31-15-12-29-10-13-30-14-11-29/h3,5,7-9,16H,2,4,6,10-15H2,1H3. The average Bonchev–Trinajstić information content (AvgIpc) is 3.24. The van der Waals surface area contributed by atoms with Crippen molar-refractivity contribution in [2.45, 2.75) is 26.2 Å². The second kappa shape index (κ2) is 9.85. The Balaban J connectivity index is 1.34. The Hall–Kier alpha value is -2.68. The van der Waals surface area contributed by atoms with Gasteiger partial charge in [-0.05, 0) is 49.9 Å². The van der Waals surface area contributed by atoms with Crippen LogP contribution in [-0.2, 0) is 16.0 Å². The van der Waals surface area contributed by atoms with Gasteiger partial charge < -0.3 is 9.57 Å². The maximum atomic E-state index is 5.71. The van der Waals surface area contributed by atoms with Crippen LogP contribution in [0.25, 0.3) is 21.1 Å². The van der Waals surface area contributed by atoms with Crippen LogP contribution in [0.4, 0.5) is 0 Å². The van der Waals surface area contributed by atoms with Crippen molar-refractivity contribution < 1.29 is 9.57 Å². The van der Waals surface area contributed by atoms with Crippen molar-refractivity contribution in [2.24, 2.45) is 5.16 Å². The van der Waals surface area contributed by atoms with Crippen molar-refractivity contribution in [3.8, 4) is 21.1 Å². The van der Waals surface area contributed by atoms with Gasteiger partial charge in [-0.25, -0.2) is 9.97 Å². The predicted octanol–water partition coefficient (Wildman–Crippen LogP) is 3.96. The topological polar surface area (TPSA) is 72.7 Å². The van der Waals surface area contributed by atoms with Crippen molar-refractivity contribution in [3.63, 3.8) is 0 Å². The number of rotatable bonds is 6. The van der Waals surface area contributed by atoms with Crippen LogP contribution >= 0.6 is 11.3 Å². The summed E-state index contributed by atoms with van der Waals surface area (Å²) in [6.45, 7) is 7.02. The summed E-state index contributed by atoms with van der Waals surface area (Å²) in [5, 5.41) is 5.46. The van der Waals surface area contributed by atoms with Crippen LogP contribution in [0.1, 0.15) is 29.8 Å². The van der Waals surface area contributed by atoms with Gasteiger partial charge in [-0.3, -0.25) is 9.88 Å². The monoisotopic (exact) mass is 449 g/mol. The van der Waals surface area contributed by atoms with Crippen molar-refractivity contribution in [1.82, 2.24) is 19.9 Å². The fourth-order valence-electron chi connectivity index (χ4n) is 4.08. The van der Waals surface area contributed by atoms with E-state index in [1.54, 1.807) is 17.5 Å². The van der Waals surface area contributed by atoms with Gasteiger partial charge in [-0.1, -0.05) is 11.2 Å². The molecule has 0 N–H and O–H groups in total. The molecule has 7 nitrogen and oxygen atoms in total. The summed E-state index contributed by atoms with van der Waals surface area (Å²) in [6.07, 6.45) is 6.62. The van der Waals surface area contributed by atoms with E-state index in [0.717, 1.165) is 90.4 Å². The molecule has 0 spiro atoms. The van der Waals surface area contributed by atoms with Crippen molar-refractivity contribution in [3.05, 3.63) is 53.6 Å². The number of nitrogens with zero attached hydrogens (tertiary/aromatic N) is 5. The highest BCUT2D eigenvalue weighted by Gasteiger charge is 2.21. The van der Waals surface area contributed by atoms with Gasteiger partial charge in [0.15, 0.2) is 0 Å². The normalized spacial score (nSPS) is 18.0. The zero-order chi connectivity index (χ0) is 21.8. The SMILES string of the molecule is Cc1nc(-c2cccnc2)sc1-c1ccc2c(n1)C(=NOCCN1CCOCC1)CCC2. The molecular formula is C24H27N5O2S. The number of hydrogen-bond acceptors (Lipinski definition) is 8. The van der Waals surface area contributed by atoms with Crippen LogP contribution in [0.2, 0.25) is 0 Å². The second-order valence-electron chi connectivity index (χ2n) is 8.06. The molecular weight excluding hydrogens is 422 g/mol. The van der Waals surface area contributed by atoms with E-state index in [-0.39, 0.29) is 0 Å². The number of oxime groups is 1. The number of thiazole rings is 1. The van der Waals surface area contributed by atoms with E-state index in [4.69, 9.17) is 19.5 Å². The molecule has 0 radical (unpaired) electrons. The van der Waals surface area contributed by atoms with Crippen LogP contribution in [0, 0.1) is 6.92 Å². The zero-order valence-electron chi connectivity index (χ0n) is 18.3. The summed E-state index contributed by atoms with van der Waals surface area (Å²) in [5.41, 5.74) is 6.11. The molecule has 5 rings (SSSR count). The summed E-state index contributed by atoms with van der Waals surface area (Å²) >= 11 is 1.65. The van der Waals surface area contributed by atoms with Crippen LogP contribution in [0.3, 0.4) is 0 Å². The molecule has 0 unspecified atom stereocenters. The van der Waals surface area contributed by atoms with Crippen molar-refractivity contribution in [1.29, 1.82) is 0 Å². The fourth-order valence-corrected chi connectivity index (χ4v) is 5.11. The summed E-state index contributed by atoms with van der Waals surface area (Å²) in [6, 6.07) is 8.26. The van der Waals surface area contributed by atoms with Gasteiger partial charge in [-0.15, -0.1) is 11.3 Å². The van der Waals surface area contributed by atoms with Gasteiger partial charge in [0.2, 0.25) is 0 Å². The quantitative estimate of drug-likeness (QED) is 0.419. The van der Waals surface area contributed by atoms with Crippen LogP contribution < -0.4 is 0 Å². The average molecular weight is 450 g/mol. The molecule has 2 aliphatic rings. The Kier molecular flexibility index (Phi) is 6.52. The second-order valence-corrected chi connectivity index (χ2v) is 9.06. The predicted molar refractivity (Wildman–Crippen MR) is 126 cm³/mol. The molecule has 0 atom stereocenters. The molecule has 1 aliphatic carbocycles. The van der Waals surface area contributed by atoms with Crippen LogP contribution in [0.5, 0.6) is 0 Å². The molecule has 8 heteroatoms. The molecule has 1 aliphatic heterocycles. The maximum absolute atomic E-state index is 5.71. The number of pyridine rings is 2. The molecule has 0 amide bonds. The number of fused-ring (bicyclic) bond motifs is 1. The number of ether oxygens (including phenoxy) is 1. The number of aromatic nitrogens is 3. The first kappa shape index (κ1) is 21.2. The number of morpholine rings is 1. The van der Waals surface area contributed by atoms with Crippen LogP contribution in [0.15, 0.2) is 41.8 Å². The van der Waals surface area contributed by atoms with Crippen LogP contribution in [-0.4, -0.2) is 65.0 Å². The van der Waals surface area contributed by atoms with E-state index in [1.807, 2.05) is 25.3 Å². The highest BCUT2D eigenvalue weighted by molar-refractivity contribution is 7.18. The van der Waals surface area contributed by atoms with E-state index < -0.39 is 0 Å². The molecule has 3 aromatic rings. The summed E-state index contributed by atoms with van der Waals surface area (Å²) in [7, 11) is 0. The van der Waals surface area contributed by atoms with Crippen molar-refractivity contribution in [2.75, 3.05) is 39.5 Å². The maximum Gasteiger partial charge on any atom is 0.129 e. The largest absolute Gasteiger partial charge is 0.394 e. The first-order chi connectivity index (χ1) is 15.8. The molecule has 1 saturated heterocycles. The minimum atomic E-state index is 0.584. The Morgan fingerprint density at radius 2 is 2.06 bits per heavy atom. The summed E-state index contributed by atoms with van der Waals surface area (Å²) in [4.78, 5) is 23.1. The van der Waals surface area contributed by atoms with E-state index >= 15 is 0 Å². The minimum Gasteiger partial charge on any atom is -0.394 e. The zero-order valence-corrected chi connectivity index (χ0v) is 19.1. The van der Waals surface area contributed by atoms with E-state index in [2.05, 4.69) is 27.2 Å². The van der Waals surface area contributed by atoms with Crippen molar-refractivity contribution >= 4 is 17.0 Å². The third kappa shape index (κ3) is 4.72. The lowest BCUT2D eigenvalue weighted by molar-refractivity contribution is 0.0211. The molecule has 4 heterocycles. The summed E-state index contributed by atoms with van der Waals surface area (Å²) in [5.74, 6) is 0. The van der Waals surface area contributed by atoms with Gasteiger partial charge in [0, 0.05) is 37.6 Å². The van der Waals surface area contributed by atoms with Gasteiger partial charge in [-0.2, -0.15) is 0 Å². The van der Waals surface area contributed by atoms with Gasteiger partial charge >= 0.3 is 0 Å². The summed E-state index contributed by atoms with van der Waals surface area (Å²) < 4.78 is 5.40. The highest BCUT2D eigenvalue weighted by Crippen LogP contribution is 2.35. The Morgan fingerprint density at radius 1 is 1.16 bits per heavy atom. The van der Waals surface area contributed by atoms with Gasteiger partial charge in [0.05, 0.1) is 35.2 Å². The fraction of sp³-hybridized carbons (Fsp3) is 0.417. The minimum absolute atomic E-state index is 0.584. The third-order valence-corrected chi connectivity index (χ3v) is 7.06. The Morgan fingerprint density at radius 3 is 2.91 bits per heavy atom. The number of hydrogen-bond donors (Lipinski definition) is 0. The first-order valence-electron chi connectivity index (χ1n) is 11.2. The highest BCUT2D eigenvalue weighted by atomic mass is 32.1. The third-order valence-electron chi connectivity index (χ3n) is 5.83. The molecule has 0 bridgehead atoms. The van der Waals surface area contributed by atoms with E-state index in [0.29, 0.717) is 6.61 Å². The van der Waals surface area contributed by atoms with Gasteiger partial charge in [0.1, 0.15) is 17.3 Å². The Bertz CT molecular complexity index is 1090. The molecule has 0 saturated carbocycles. The van der Waals surface area contributed by atoms with E-state index in [1.165, 1.54) is 5.56 Å². The van der Waals surface area contributed by atoms with Gasteiger partial charge in [0.25, 0.3) is 0 Å². The van der Waals surface area contributed by atoms with E-state index in [9.17, 15) is 0 Å². The molecule has 166 valence electrons. The lowest BCUT2D eigenvalue weighted by Gasteiger charge is -2.25. The first-order valence-corrected chi connectivity index (χ1v) is 12.0. The smallest absolute Gasteiger partial charge is 0.129 e. The molecule has 3 aromatic heterocycles. The molecule has 32 heavy (non-hydrogen) atoms. The molecule has 1 fully saturated rings. The number of aryl methyl sites for hydroxylation is 2. The lowest BCUT2D eigenvalue weighted by Crippen LogP contribution is -2.38. The Labute approximate surface area is 192 Å².